The van der Waals surface area contributed by atoms with Crippen molar-refractivity contribution < 1.29 is 20.1 Å². The van der Waals surface area contributed by atoms with Crippen molar-refractivity contribution >= 4 is 5.95 Å². The lowest BCUT2D eigenvalue weighted by molar-refractivity contribution is -0.0527. The van der Waals surface area contributed by atoms with Gasteiger partial charge in [-0.2, -0.15) is 0 Å². The van der Waals surface area contributed by atoms with E-state index in [0.29, 0.717) is 5.69 Å². The lowest BCUT2D eigenvalue weighted by Gasteiger charge is -2.15. The molecule has 0 spiro atoms. The number of hydrogen-bond donors (Lipinski definition) is 5. The van der Waals surface area contributed by atoms with Gasteiger partial charge in [-0.1, -0.05) is 0 Å². The molecule has 118 valence electrons. The molecule has 0 unspecified atom stereocenters. The lowest BCUT2D eigenvalue weighted by Crippen LogP contribution is -2.33. The summed E-state index contributed by atoms with van der Waals surface area (Å²) >= 11 is 0. The predicted molar refractivity (Wildman–Crippen MR) is 73.5 cm³/mol. The van der Waals surface area contributed by atoms with Crippen molar-refractivity contribution in [1.82, 2.24) is 19.5 Å². The molecule has 0 saturated carbocycles. The number of nitrogen functional groups attached to an aromatic ring is 1. The summed E-state index contributed by atoms with van der Waals surface area (Å²) in [5, 5.41) is 28.8. The molecular formula is C12H15N5O5. The van der Waals surface area contributed by atoms with Crippen molar-refractivity contribution in [2.24, 2.45) is 0 Å². The molecule has 3 heterocycles. The summed E-state index contributed by atoms with van der Waals surface area (Å²) in [4.78, 5) is 22.0. The Morgan fingerprint density at radius 1 is 1.36 bits per heavy atom. The second kappa shape index (κ2) is 5.50. The third-order valence-corrected chi connectivity index (χ3v) is 3.51. The van der Waals surface area contributed by atoms with Gasteiger partial charge in [0, 0.05) is 12.4 Å². The van der Waals surface area contributed by atoms with Gasteiger partial charge >= 0.3 is 0 Å². The Balaban J connectivity index is 1.90. The van der Waals surface area contributed by atoms with Crippen LogP contribution in [0.2, 0.25) is 0 Å². The van der Waals surface area contributed by atoms with Crippen molar-refractivity contribution in [3.8, 4) is 11.3 Å². The molecule has 0 aromatic carbocycles. The first-order valence-electron chi connectivity index (χ1n) is 6.52. The average Bonchev–Trinajstić information content (AvgIpc) is 3.06. The fraction of sp³-hybridized carbons (Fsp3) is 0.417. The molecule has 10 nitrogen and oxygen atoms in total. The first-order valence-corrected chi connectivity index (χ1v) is 6.52. The number of imidazole rings is 1. The number of rotatable bonds is 3. The Hall–Kier alpha value is -2.27. The summed E-state index contributed by atoms with van der Waals surface area (Å²) in [7, 11) is 0. The van der Waals surface area contributed by atoms with Gasteiger partial charge in [-0.25, -0.2) is 9.97 Å². The molecule has 22 heavy (non-hydrogen) atoms. The number of aliphatic hydroxyl groups is 3. The number of anilines is 1. The molecule has 3 rings (SSSR count). The maximum atomic E-state index is 11.8. The number of hydrogen-bond acceptors (Lipinski definition) is 8. The fourth-order valence-corrected chi connectivity index (χ4v) is 2.33. The summed E-state index contributed by atoms with van der Waals surface area (Å²) < 4.78 is 6.78. The molecule has 0 radical (unpaired) electrons. The monoisotopic (exact) mass is 309 g/mol. The maximum Gasteiger partial charge on any atom is 0.261 e. The second-order valence-corrected chi connectivity index (χ2v) is 4.95. The van der Waals surface area contributed by atoms with Crippen LogP contribution < -0.4 is 11.3 Å². The van der Waals surface area contributed by atoms with Crippen molar-refractivity contribution in [2.45, 2.75) is 24.5 Å². The number of ether oxygens (including phenoxy) is 1. The second-order valence-electron chi connectivity index (χ2n) is 4.95. The number of nitrogens with zero attached hydrogens (tertiary/aromatic N) is 3. The number of nitrogens with two attached hydrogens (primary N) is 1. The van der Waals surface area contributed by atoms with Crippen LogP contribution in [-0.4, -0.2) is 59.8 Å². The molecular weight excluding hydrogens is 294 g/mol. The zero-order chi connectivity index (χ0) is 15.9. The number of aliphatic hydroxyl groups excluding tert-OH is 3. The van der Waals surface area contributed by atoms with Gasteiger partial charge in [-0.05, 0) is 0 Å². The van der Waals surface area contributed by atoms with Crippen molar-refractivity contribution in [3.63, 3.8) is 0 Å². The highest BCUT2D eigenvalue weighted by atomic mass is 16.6. The number of H-pyrrole nitrogens is 1. The predicted octanol–water partition coefficient (Wildman–Crippen LogP) is -2.17. The first kappa shape index (κ1) is 14.7. The van der Waals surface area contributed by atoms with Gasteiger partial charge in [0.05, 0.1) is 24.2 Å². The maximum absolute atomic E-state index is 11.8. The molecule has 1 aliphatic rings. The van der Waals surface area contributed by atoms with Crippen LogP contribution in [0.3, 0.4) is 0 Å². The van der Waals surface area contributed by atoms with E-state index >= 15 is 0 Å². The van der Waals surface area contributed by atoms with Gasteiger partial charge in [0.15, 0.2) is 12.2 Å². The third kappa shape index (κ3) is 2.37. The van der Waals surface area contributed by atoms with Gasteiger partial charge in [-0.15, -0.1) is 0 Å². The van der Waals surface area contributed by atoms with Crippen molar-refractivity contribution in [2.75, 3.05) is 12.3 Å². The molecule has 10 heteroatoms. The minimum Gasteiger partial charge on any atom is -0.394 e. The molecule has 4 atom stereocenters. The van der Waals surface area contributed by atoms with Crippen LogP contribution in [0.15, 0.2) is 23.5 Å². The van der Waals surface area contributed by atoms with E-state index in [9.17, 15) is 15.0 Å². The highest BCUT2D eigenvalue weighted by Crippen LogP contribution is 2.30. The fourth-order valence-electron chi connectivity index (χ4n) is 2.33. The Morgan fingerprint density at radius 2 is 2.14 bits per heavy atom. The van der Waals surface area contributed by atoms with E-state index in [2.05, 4.69) is 15.0 Å². The largest absolute Gasteiger partial charge is 0.394 e. The topological polar surface area (TPSA) is 160 Å². The van der Waals surface area contributed by atoms with Gasteiger partial charge in [0.25, 0.3) is 5.56 Å². The highest BCUT2D eigenvalue weighted by molar-refractivity contribution is 5.56. The van der Waals surface area contributed by atoms with E-state index in [1.165, 1.54) is 23.3 Å². The third-order valence-electron chi connectivity index (χ3n) is 3.51. The van der Waals surface area contributed by atoms with E-state index in [0.717, 1.165) is 0 Å². The summed E-state index contributed by atoms with van der Waals surface area (Å²) in [5.41, 5.74) is 5.45. The van der Waals surface area contributed by atoms with Gasteiger partial charge in [0.2, 0.25) is 0 Å². The Morgan fingerprint density at radius 3 is 2.77 bits per heavy atom. The van der Waals surface area contributed by atoms with Crippen LogP contribution in [0.25, 0.3) is 11.3 Å². The van der Waals surface area contributed by atoms with Crippen LogP contribution in [0.4, 0.5) is 5.95 Å². The average molecular weight is 309 g/mol. The van der Waals surface area contributed by atoms with Crippen molar-refractivity contribution in [1.29, 1.82) is 0 Å². The molecule has 1 fully saturated rings. The Kier molecular flexibility index (Phi) is 3.66. The minimum absolute atomic E-state index is 0.00311. The van der Waals surface area contributed by atoms with Crippen LogP contribution in [0, 0.1) is 0 Å². The first-order chi connectivity index (χ1) is 10.5. The Bertz CT molecular complexity index is 729. The Labute approximate surface area is 123 Å². The lowest BCUT2D eigenvalue weighted by atomic mass is 10.1. The molecule has 2 aromatic rings. The molecule has 0 aliphatic carbocycles. The van der Waals surface area contributed by atoms with Gasteiger partial charge in [0.1, 0.15) is 18.3 Å². The van der Waals surface area contributed by atoms with Crippen LogP contribution in [-0.2, 0) is 4.74 Å². The number of aromatic nitrogens is 4. The van der Waals surface area contributed by atoms with Crippen LogP contribution >= 0.6 is 0 Å². The van der Waals surface area contributed by atoms with E-state index in [1.54, 1.807) is 0 Å². The molecule has 2 aromatic heterocycles. The molecule has 1 aliphatic heterocycles. The zero-order valence-electron chi connectivity index (χ0n) is 11.3. The highest BCUT2D eigenvalue weighted by Gasteiger charge is 2.43. The minimum atomic E-state index is -1.22. The van der Waals surface area contributed by atoms with E-state index in [4.69, 9.17) is 15.6 Å². The molecule has 0 bridgehead atoms. The summed E-state index contributed by atoms with van der Waals surface area (Å²) in [6.07, 6.45) is -0.0990. The normalized spacial score (nSPS) is 28.1. The summed E-state index contributed by atoms with van der Waals surface area (Å²) in [6.45, 7) is -0.419. The van der Waals surface area contributed by atoms with E-state index in [1.807, 2.05) is 0 Å². The SMILES string of the molecule is Nc1ncc(-c2cn([C@@H]3O[C@H](CO)[C@@H](O)[C@H]3O)cn2)c(=O)[nH]1. The molecule has 1 saturated heterocycles. The molecule has 6 N–H and O–H groups in total. The summed E-state index contributed by atoms with van der Waals surface area (Å²) in [5.74, 6) is -0.00311. The number of aromatic amines is 1. The van der Waals surface area contributed by atoms with E-state index in [-0.39, 0.29) is 11.5 Å². The quantitative estimate of drug-likeness (QED) is 0.428. The van der Waals surface area contributed by atoms with Crippen LogP contribution in [0.1, 0.15) is 6.23 Å². The van der Waals surface area contributed by atoms with Crippen molar-refractivity contribution in [3.05, 3.63) is 29.1 Å². The van der Waals surface area contributed by atoms with Gasteiger partial charge < -0.3 is 30.4 Å². The van der Waals surface area contributed by atoms with Crippen LogP contribution in [0.5, 0.6) is 0 Å². The standard InChI is InChI=1S/C12H15N5O5/c13-12-14-1-5(10(21)16-12)6-2-17(4-15-6)11-9(20)8(19)7(3-18)22-11/h1-2,4,7-9,11,18-20H,3H2,(H3,13,14,16,21)/t7-,8-,9-,11-/m1/s1. The van der Waals surface area contributed by atoms with Gasteiger partial charge in [-0.3, -0.25) is 9.78 Å². The smallest absolute Gasteiger partial charge is 0.261 e. The zero-order valence-corrected chi connectivity index (χ0v) is 11.3. The number of nitrogens with one attached hydrogen (secondary N) is 1. The molecule has 0 amide bonds. The van der Waals surface area contributed by atoms with E-state index < -0.39 is 36.7 Å². The summed E-state index contributed by atoms with van der Waals surface area (Å²) in [6, 6.07) is 0.